The highest BCUT2D eigenvalue weighted by atomic mass is 14.7. The number of rotatable bonds is 1. The van der Waals surface area contributed by atoms with Crippen LogP contribution in [0.4, 0.5) is 0 Å². The van der Waals surface area contributed by atoms with Crippen LogP contribution in [0.1, 0.15) is 11.1 Å². The molecule has 0 radical (unpaired) electrons. The molecule has 0 saturated carbocycles. The molecule has 0 saturated heterocycles. The predicted molar refractivity (Wildman–Crippen MR) is 74.4 cm³/mol. The Morgan fingerprint density at radius 3 is 2.67 bits per heavy atom. The Bertz CT molecular complexity index is 703. The van der Waals surface area contributed by atoms with E-state index in [4.69, 9.17) is 0 Å². The predicted octanol–water partition coefficient (Wildman–Crippen LogP) is 3.91. The van der Waals surface area contributed by atoms with Gasteiger partial charge in [0, 0.05) is 29.5 Å². The fourth-order valence-electron chi connectivity index (χ4n) is 2.39. The normalized spacial score (nSPS) is 10.8. The van der Waals surface area contributed by atoms with Crippen molar-refractivity contribution in [2.24, 2.45) is 0 Å². The smallest absolute Gasteiger partial charge is 0.0737 e. The lowest BCUT2D eigenvalue weighted by Crippen LogP contribution is -1.89. The third-order valence-electron chi connectivity index (χ3n) is 3.15. The molecule has 18 heavy (non-hydrogen) atoms. The van der Waals surface area contributed by atoms with Gasteiger partial charge in [0.05, 0.1) is 5.52 Å². The average molecular weight is 234 g/mol. The van der Waals surface area contributed by atoms with Crippen molar-refractivity contribution in [1.82, 2.24) is 9.97 Å². The molecule has 88 valence electrons. The van der Waals surface area contributed by atoms with Crippen LogP contribution in [0.15, 0.2) is 48.9 Å². The Kier molecular flexibility index (Phi) is 2.56. The van der Waals surface area contributed by atoms with Gasteiger partial charge in [-0.2, -0.15) is 0 Å². The van der Waals surface area contributed by atoms with Gasteiger partial charge in [0.2, 0.25) is 0 Å². The van der Waals surface area contributed by atoms with Crippen LogP contribution in [-0.4, -0.2) is 9.97 Å². The van der Waals surface area contributed by atoms with Gasteiger partial charge < -0.3 is 0 Å². The molecule has 0 aliphatic carbocycles. The molecule has 0 bridgehead atoms. The summed E-state index contributed by atoms with van der Waals surface area (Å²) in [7, 11) is 0. The first kappa shape index (κ1) is 10.9. The Hall–Kier alpha value is -2.22. The number of aromatic nitrogens is 2. The van der Waals surface area contributed by atoms with Crippen LogP contribution in [0.5, 0.6) is 0 Å². The van der Waals surface area contributed by atoms with Crippen LogP contribution in [0.2, 0.25) is 0 Å². The maximum Gasteiger partial charge on any atom is 0.0737 e. The summed E-state index contributed by atoms with van der Waals surface area (Å²) in [5.41, 5.74) is 5.88. The van der Waals surface area contributed by atoms with Crippen molar-refractivity contribution in [3.05, 3.63) is 60.0 Å². The highest BCUT2D eigenvalue weighted by Gasteiger charge is 2.07. The first-order valence-corrected chi connectivity index (χ1v) is 6.02. The van der Waals surface area contributed by atoms with Crippen LogP contribution >= 0.6 is 0 Å². The fraction of sp³-hybridized carbons (Fsp3) is 0.125. The van der Waals surface area contributed by atoms with Gasteiger partial charge in [0.25, 0.3) is 0 Å². The summed E-state index contributed by atoms with van der Waals surface area (Å²) in [5, 5.41) is 1.20. The van der Waals surface area contributed by atoms with Crippen LogP contribution in [0.3, 0.4) is 0 Å². The van der Waals surface area contributed by atoms with Gasteiger partial charge in [-0.05, 0) is 43.2 Å². The summed E-state index contributed by atoms with van der Waals surface area (Å²) in [5.74, 6) is 0. The molecule has 0 fully saturated rings. The maximum absolute atomic E-state index is 4.49. The first-order chi connectivity index (χ1) is 8.75. The number of hydrogen-bond acceptors (Lipinski definition) is 2. The Balaban J connectivity index is 2.37. The second kappa shape index (κ2) is 4.22. The summed E-state index contributed by atoms with van der Waals surface area (Å²) in [6, 6.07) is 10.5. The van der Waals surface area contributed by atoms with E-state index in [-0.39, 0.29) is 0 Å². The Morgan fingerprint density at radius 2 is 1.89 bits per heavy atom. The van der Waals surface area contributed by atoms with Crippen LogP contribution in [0, 0.1) is 13.8 Å². The average Bonchev–Trinajstić information content (AvgIpc) is 2.39. The zero-order valence-corrected chi connectivity index (χ0v) is 10.5. The van der Waals surface area contributed by atoms with Crippen LogP contribution < -0.4 is 0 Å². The second-order valence-electron chi connectivity index (χ2n) is 4.58. The molecule has 0 unspecified atom stereocenters. The number of fused-ring (bicyclic) bond motifs is 1. The van der Waals surface area contributed by atoms with Gasteiger partial charge in [-0.3, -0.25) is 9.97 Å². The van der Waals surface area contributed by atoms with Gasteiger partial charge in [-0.25, -0.2) is 0 Å². The molecule has 0 spiro atoms. The number of nitrogens with zero attached hydrogens (tertiary/aromatic N) is 2. The molecule has 0 aliphatic rings. The molecule has 2 heteroatoms. The van der Waals surface area contributed by atoms with Crippen molar-refractivity contribution in [2.75, 3.05) is 0 Å². The number of benzene rings is 1. The van der Waals surface area contributed by atoms with Gasteiger partial charge in [-0.1, -0.05) is 17.7 Å². The van der Waals surface area contributed by atoms with Crippen LogP contribution in [0.25, 0.3) is 22.0 Å². The molecule has 0 N–H and O–H groups in total. The third-order valence-corrected chi connectivity index (χ3v) is 3.15. The van der Waals surface area contributed by atoms with Crippen molar-refractivity contribution >= 4 is 10.9 Å². The summed E-state index contributed by atoms with van der Waals surface area (Å²) in [6.45, 7) is 4.22. The topological polar surface area (TPSA) is 25.8 Å². The lowest BCUT2D eigenvalue weighted by atomic mass is 9.99. The van der Waals surface area contributed by atoms with Crippen molar-refractivity contribution in [1.29, 1.82) is 0 Å². The standard InChI is InChI=1S/C16H14N2/c1-11-8-12(2)16-15(9-11)14(5-7-18-16)13-4-3-6-17-10-13/h3-10H,1-2H3. The summed E-state index contributed by atoms with van der Waals surface area (Å²) in [4.78, 5) is 8.68. The van der Waals surface area contributed by atoms with E-state index in [1.54, 1.807) is 6.20 Å². The Labute approximate surface area is 106 Å². The lowest BCUT2D eigenvalue weighted by molar-refractivity contribution is 1.32. The van der Waals surface area contributed by atoms with Crippen LogP contribution in [-0.2, 0) is 0 Å². The number of hydrogen-bond donors (Lipinski definition) is 0. The molecule has 0 amide bonds. The molecule has 0 aliphatic heterocycles. The summed E-state index contributed by atoms with van der Waals surface area (Å²) in [6.07, 6.45) is 5.56. The molecular formula is C16H14N2. The van der Waals surface area contributed by atoms with Gasteiger partial charge in [-0.15, -0.1) is 0 Å². The van der Waals surface area contributed by atoms with Gasteiger partial charge >= 0.3 is 0 Å². The van der Waals surface area contributed by atoms with E-state index in [1.165, 1.54) is 22.1 Å². The van der Waals surface area contributed by atoms with Crippen molar-refractivity contribution in [3.8, 4) is 11.1 Å². The summed E-state index contributed by atoms with van der Waals surface area (Å²) < 4.78 is 0. The molecule has 3 aromatic rings. The molecular weight excluding hydrogens is 220 g/mol. The SMILES string of the molecule is Cc1cc(C)c2nccc(-c3cccnc3)c2c1. The molecule has 2 aromatic heterocycles. The van der Waals surface area contributed by atoms with Crippen molar-refractivity contribution in [2.45, 2.75) is 13.8 Å². The second-order valence-corrected chi connectivity index (χ2v) is 4.58. The zero-order chi connectivity index (χ0) is 12.5. The monoisotopic (exact) mass is 234 g/mol. The molecule has 0 atom stereocenters. The van der Waals surface area contributed by atoms with Gasteiger partial charge in [0.1, 0.15) is 0 Å². The quantitative estimate of drug-likeness (QED) is 0.638. The van der Waals surface area contributed by atoms with E-state index < -0.39 is 0 Å². The van der Waals surface area contributed by atoms with E-state index in [9.17, 15) is 0 Å². The minimum atomic E-state index is 1.07. The van der Waals surface area contributed by atoms with E-state index in [2.05, 4.69) is 48.1 Å². The molecule has 2 heterocycles. The van der Waals surface area contributed by atoms with E-state index in [1.807, 2.05) is 18.5 Å². The van der Waals surface area contributed by atoms with Gasteiger partial charge in [0.15, 0.2) is 0 Å². The highest BCUT2D eigenvalue weighted by Crippen LogP contribution is 2.29. The molecule has 1 aromatic carbocycles. The fourth-order valence-corrected chi connectivity index (χ4v) is 2.39. The third kappa shape index (κ3) is 1.76. The van der Waals surface area contributed by atoms with Crippen molar-refractivity contribution < 1.29 is 0 Å². The highest BCUT2D eigenvalue weighted by molar-refractivity contribution is 5.96. The minimum Gasteiger partial charge on any atom is -0.264 e. The molecule has 2 nitrogen and oxygen atoms in total. The Morgan fingerprint density at radius 1 is 1.00 bits per heavy atom. The summed E-state index contributed by atoms with van der Waals surface area (Å²) >= 11 is 0. The van der Waals surface area contributed by atoms with E-state index in [0.717, 1.165) is 11.1 Å². The largest absolute Gasteiger partial charge is 0.264 e. The van der Waals surface area contributed by atoms with Crippen molar-refractivity contribution in [3.63, 3.8) is 0 Å². The number of aryl methyl sites for hydroxylation is 2. The van der Waals surface area contributed by atoms with E-state index >= 15 is 0 Å². The zero-order valence-electron chi connectivity index (χ0n) is 10.5. The minimum absolute atomic E-state index is 1.07. The first-order valence-electron chi connectivity index (χ1n) is 6.02. The maximum atomic E-state index is 4.49. The lowest BCUT2D eigenvalue weighted by Gasteiger charge is -2.09. The number of pyridine rings is 2. The van der Waals surface area contributed by atoms with E-state index in [0.29, 0.717) is 0 Å². The molecule has 3 rings (SSSR count).